The quantitative estimate of drug-likeness (QED) is 0.450. The van der Waals surface area contributed by atoms with Gasteiger partial charge in [0, 0.05) is 36.4 Å². The molecule has 174 valence electrons. The molecule has 2 fully saturated rings. The molecule has 6 heteroatoms. The van der Waals surface area contributed by atoms with Gasteiger partial charge in [0.05, 0.1) is 12.6 Å². The number of nitrogens with one attached hydrogen (secondary N) is 1. The van der Waals surface area contributed by atoms with Crippen LogP contribution in [0.1, 0.15) is 25.7 Å². The molecule has 0 radical (unpaired) electrons. The van der Waals surface area contributed by atoms with Crippen LogP contribution in [0.25, 0.3) is 33.4 Å². The second-order valence-corrected chi connectivity index (χ2v) is 8.73. The molecule has 2 aliphatic rings. The number of hydrogen-bond donors (Lipinski definition) is 1. The van der Waals surface area contributed by atoms with Gasteiger partial charge in [0.15, 0.2) is 5.82 Å². The molecule has 1 N–H and O–H groups in total. The van der Waals surface area contributed by atoms with E-state index in [1.165, 1.54) is 38.8 Å². The van der Waals surface area contributed by atoms with Crippen LogP contribution >= 0.6 is 0 Å². The lowest BCUT2D eigenvalue weighted by atomic mass is 10.0. The molecule has 2 aromatic carbocycles. The van der Waals surface area contributed by atoms with Crippen molar-refractivity contribution in [2.75, 3.05) is 38.2 Å². The van der Waals surface area contributed by atoms with Gasteiger partial charge in [-0.2, -0.15) is 0 Å². The summed E-state index contributed by atoms with van der Waals surface area (Å²) < 4.78 is 5.39. The van der Waals surface area contributed by atoms with Gasteiger partial charge in [-0.25, -0.2) is 9.97 Å². The highest BCUT2D eigenvalue weighted by Gasteiger charge is 2.19. The van der Waals surface area contributed by atoms with E-state index in [2.05, 4.69) is 45.5 Å². The van der Waals surface area contributed by atoms with Gasteiger partial charge in [-0.3, -0.25) is 4.98 Å². The molecule has 6 nitrogen and oxygen atoms in total. The average Bonchev–Trinajstić information content (AvgIpc) is 3.66. The van der Waals surface area contributed by atoms with E-state index >= 15 is 0 Å². The van der Waals surface area contributed by atoms with Crippen LogP contribution in [0.5, 0.6) is 5.75 Å². The van der Waals surface area contributed by atoms with Gasteiger partial charge in [-0.05, 0) is 86.3 Å². The highest BCUT2D eigenvalue weighted by atomic mass is 16.5. The first-order valence-electron chi connectivity index (χ1n) is 12.1. The Labute approximate surface area is 201 Å². The van der Waals surface area contributed by atoms with E-state index in [9.17, 15) is 0 Å². The SMILES string of the molecule is C1CCNC1.COc1cccc(-c2ccc3nc(-c4cccnc4)nc(N4CCCC4)c3c2)c1. The van der Waals surface area contributed by atoms with Gasteiger partial charge in [-0.15, -0.1) is 0 Å². The first-order chi connectivity index (χ1) is 16.8. The van der Waals surface area contributed by atoms with E-state index in [4.69, 9.17) is 14.7 Å². The Morgan fingerprint density at radius 2 is 1.62 bits per heavy atom. The number of methoxy groups -OCH3 is 1. The number of nitrogens with zero attached hydrogens (tertiary/aromatic N) is 4. The lowest BCUT2D eigenvalue weighted by molar-refractivity contribution is 0.415. The molecule has 0 spiro atoms. The molecule has 2 aromatic heterocycles. The fourth-order valence-corrected chi connectivity index (χ4v) is 4.51. The van der Waals surface area contributed by atoms with E-state index in [0.29, 0.717) is 0 Å². The van der Waals surface area contributed by atoms with E-state index in [-0.39, 0.29) is 0 Å². The minimum atomic E-state index is 0.724. The molecule has 0 aliphatic carbocycles. The molecule has 2 saturated heterocycles. The Hall–Kier alpha value is -3.51. The maximum absolute atomic E-state index is 5.39. The summed E-state index contributed by atoms with van der Waals surface area (Å²) in [5, 5.41) is 4.31. The largest absolute Gasteiger partial charge is 0.497 e. The first-order valence-corrected chi connectivity index (χ1v) is 12.1. The molecule has 0 amide bonds. The molecule has 4 aromatic rings. The molecule has 0 unspecified atom stereocenters. The van der Waals surface area contributed by atoms with Gasteiger partial charge in [0.1, 0.15) is 11.6 Å². The molecule has 34 heavy (non-hydrogen) atoms. The van der Waals surface area contributed by atoms with Crippen LogP contribution < -0.4 is 15.0 Å². The molecule has 0 saturated carbocycles. The van der Waals surface area contributed by atoms with E-state index < -0.39 is 0 Å². The molecule has 6 rings (SSSR count). The fourth-order valence-electron chi connectivity index (χ4n) is 4.51. The van der Waals surface area contributed by atoms with Crippen molar-refractivity contribution >= 4 is 16.7 Å². The van der Waals surface area contributed by atoms with Gasteiger partial charge in [0.25, 0.3) is 0 Å². The van der Waals surface area contributed by atoms with Crippen LogP contribution in [0, 0.1) is 0 Å². The number of ether oxygens (including phenoxy) is 1. The number of benzene rings is 2. The van der Waals surface area contributed by atoms with Crippen LogP contribution in [0.3, 0.4) is 0 Å². The van der Waals surface area contributed by atoms with Crippen molar-refractivity contribution in [3.8, 4) is 28.3 Å². The monoisotopic (exact) mass is 453 g/mol. The topological polar surface area (TPSA) is 63.2 Å². The van der Waals surface area contributed by atoms with Gasteiger partial charge in [0.2, 0.25) is 0 Å². The van der Waals surface area contributed by atoms with E-state index in [1.807, 2.05) is 30.5 Å². The minimum Gasteiger partial charge on any atom is -0.497 e. The summed E-state index contributed by atoms with van der Waals surface area (Å²) in [6.45, 7) is 4.56. The third kappa shape index (κ3) is 5.02. The van der Waals surface area contributed by atoms with E-state index in [1.54, 1.807) is 13.3 Å². The van der Waals surface area contributed by atoms with Crippen molar-refractivity contribution in [3.63, 3.8) is 0 Å². The number of pyridine rings is 1. The van der Waals surface area contributed by atoms with Crippen LogP contribution in [-0.2, 0) is 0 Å². The number of anilines is 1. The van der Waals surface area contributed by atoms with E-state index in [0.717, 1.165) is 58.1 Å². The minimum absolute atomic E-state index is 0.724. The summed E-state index contributed by atoms with van der Waals surface area (Å²) in [6.07, 6.45) is 8.76. The highest BCUT2D eigenvalue weighted by Crippen LogP contribution is 2.33. The zero-order valence-electron chi connectivity index (χ0n) is 19.7. The predicted molar refractivity (Wildman–Crippen MR) is 138 cm³/mol. The predicted octanol–water partition coefficient (Wildman–Crippen LogP) is 5.34. The molecule has 2 aliphatic heterocycles. The zero-order chi connectivity index (χ0) is 23.2. The Morgan fingerprint density at radius 1 is 0.824 bits per heavy atom. The number of hydrogen-bond acceptors (Lipinski definition) is 6. The number of fused-ring (bicyclic) bond motifs is 1. The van der Waals surface area contributed by atoms with Crippen molar-refractivity contribution in [1.82, 2.24) is 20.3 Å². The van der Waals surface area contributed by atoms with Crippen LogP contribution in [0.4, 0.5) is 5.82 Å². The zero-order valence-corrected chi connectivity index (χ0v) is 19.7. The van der Waals surface area contributed by atoms with Crippen LogP contribution in [0.15, 0.2) is 67.0 Å². The summed E-state index contributed by atoms with van der Waals surface area (Å²) in [7, 11) is 1.69. The summed E-state index contributed by atoms with van der Waals surface area (Å²) >= 11 is 0. The van der Waals surface area contributed by atoms with Crippen molar-refractivity contribution < 1.29 is 4.74 Å². The molecular weight excluding hydrogens is 422 g/mol. The summed E-state index contributed by atoms with van der Waals surface area (Å²) in [6, 6.07) is 18.5. The summed E-state index contributed by atoms with van der Waals surface area (Å²) in [5.41, 5.74) is 4.14. The van der Waals surface area contributed by atoms with Crippen molar-refractivity contribution in [1.29, 1.82) is 0 Å². The fraction of sp³-hybridized carbons (Fsp3) is 0.321. The third-order valence-corrected chi connectivity index (χ3v) is 6.36. The summed E-state index contributed by atoms with van der Waals surface area (Å²) in [5.74, 6) is 2.59. The smallest absolute Gasteiger partial charge is 0.163 e. The number of rotatable bonds is 4. The summed E-state index contributed by atoms with van der Waals surface area (Å²) in [4.78, 5) is 16.4. The van der Waals surface area contributed by atoms with Gasteiger partial charge < -0.3 is 15.0 Å². The normalized spacial score (nSPS) is 15.3. The Morgan fingerprint density at radius 3 is 2.32 bits per heavy atom. The first kappa shape index (κ1) is 22.3. The van der Waals surface area contributed by atoms with Crippen LogP contribution in [0.2, 0.25) is 0 Å². The number of aromatic nitrogens is 3. The molecular formula is C28H31N5O. The average molecular weight is 454 g/mol. The van der Waals surface area contributed by atoms with Crippen molar-refractivity contribution in [3.05, 3.63) is 67.0 Å². The second kappa shape index (κ2) is 10.6. The van der Waals surface area contributed by atoms with Crippen molar-refractivity contribution in [2.45, 2.75) is 25.7 Å². The Bertz CT molecular complexity index is 1230. The Kier molecular flexibility index (Phi) is 6.96. The molecule has 4 heterocycles. The lowest BCUT2D eigenvalue weighted by Crippen LogP contribution is -2.20. The highest BCUT2D eigenvalue weighted by molar-refractivity contribution is 5.94. The Balaban J connectivity index is 0.000000429. The maximum atomic E-state index is 5.39. The van der Waals surface area contributed by atoms with Gasteiger partial charge >= 0.3 is 0 Å². The maximum Gasteiger partial charge on any atom is 0.163 e. The molecule has 0 bridgehead atoms. The standard InChI is InChI=1S/C24H22N4O.C4H9N/c1-29-20-8-4-6-17(14-20)18-9-10-22-21(15-18)24(28-12-2-3-13-28)27-23(26-22)19-7-5-11-25-16-19;1-2-4-5-3-1/h4-11,14-16H,2-3,12-13H2,1H3;5H,1-4H2. The van der Waals surface area contributed by atoms with Gasteiger partial charge in [-0.1, -0.05) is 18.2 Å². The lowest BCUT2D eigenvalue weighted by Gasteiger charge is -2.20. The molecule has 0 atom stereocenters. The third-order valence-electron chi connectivity index (χ3n) is 6.36. The van der Waals surface area contributed by atoms with Crippen LogP contribution in [-0.4, -0.2) is 48.2 Å². The second-order valence-electron chi connectivity index (χ2n) is 8.73. The van der Waals surface area contributed by atoms with Crippen molar-refractivity contribution in [2.24, 2.45) is 0 Å².